The molecule has 0 saturated heterocycles. The van der Waals surface area contributed by atoms with Crippen LogP contribution in [0.15, 0.2) is 60.7 Å². The van der Waals surface area contributed by atoms with Gasteiger partial charge in [0.1, 0.15) is 0 Å². The molecule has 0 bridgehead atoms. The maximum absolute atomic E-state index is 12.3. The highest BCUT2D eigenvalue weighted by atomic mass is 16.5. The highest BCUT2D eigenvalue weighted by Gasteiger charge is 2.22. The number of carbonyl (C=O) groups is 2. The molecule has 0 aromatic heterocycles. The third kappa shape index (κ3) is 5.75. The lowest BCUT2D eigenvalue weighted by Gasteiger charge is -2.20. The van der Waals surface area contributed by atoms with Gasteiger partial charge in [0.2, 0.25) is 5.91 Å². The predicted molar refractivity (Wildman–Crippen MR) is 97.9 cm³/mol. The van der Waals surface area contributed by atoms with Crippen molar-refractivity contribution in [2.45, 2.75) is 33.3 Å². The zero-order valence-electron chi connectivity index (χ0n) is 15.0. The van der Waals surface area contributed by atoms with Crippen molar-refractivity contribution < 1.29 is 14.3 Å². The minimum Gasteiger partial charge on any atom is -0.452 e. The molecule has 0 atom stereocenters. The predicted octanol–water partition coefficient (Wildman–Crippen LogP) is 3.87. The van der Waals surface area contributed by atoms with Crippen molar-refractivity contribution in [3.63, 3.8) is 0 Å². The van der Waals surface area contributed by atoms with Crippen LogP contribution in [0, 0.1) is 5.41 Å². The second-order valence-electron chi connectivity index (χ2n) is 6.95. The van der Waals surface area contributed by atoms with E-state index in [0.717, 1.165) is 11.1 Å². The summed E-state index contributed by atoms with van der Waals surface area (Å²) in [4.78, 5) is 24.1. The number of benzene rings is 2. The van der Waals surface area contributed by atoms with Crippen molar-refractivity contribution >= 4 is 11.9 Å². The molecule has 2 aromatic rings. The van der Waals surface area contributed by atoms with Gasteiger partial charge < -0.3 is 10.1 Å². The summed E-state index contributed by atoms with van der Waals surface area (Å²) in [5.74, 6) is -0.421. The SMILES string of the molecule is CC(C)(C)C(=O)NCCC(=O)OC(c1ccccc1)c1ccccc1. The van der Waals surface area contributed by atoms with Crippen molar-refractivity contribution in [1.82, 2.24) is 5.32 Å². The first-order valence-electron chi connectivity index (χ1n) is 8.45. The Kier molecular flexibility index (Phi) is 6.34. The van der Waals surface area contributed by atoms with Crippen LogP contribution >= 0.6 is 0 Å². The molecule has 0 aliphatic rings. The summed E-state index contributed by atoms with van der Waals surface area (Å²) < 4.78 is 5.70. The van der Waals surface area contributed by atoms with Crippen molar-refractivity contribution in [2.75, 3.05) is 6.54 Å². The van der Waals surface area contributed by atoms with Gasteiger partial charge in [-0.15, -0.1) is 0 Å². The van der Waals surface area contributed by atoms with Gasteiger partial charge in [0.15, 0.2) is 6.10 Å². The number of nitrogens with one attached hydrogen (secondary N) is 1. The molecule has 1 N–H and O–H groups in total. The van der Waals surface area contributed by atoms with E-state index in [1.165, 1.54) is 0 Å². The Labute approximate surface area is 149 Å². The summed E-state index contributed by atoms with van der Waals surface area (Å²) in [5, 5.41) is 2.77. The molecule has 0 radical (unpaired) electrons. The lowest BCUT2D eigenvalue weighted by atomic mass is 9.96. The average molecular weight is 339 g/mol. The number of hydrogen-bond donors (Lipinski definition) is 1. The van der Waals surface area contributed by atoms with E-state index < -0.39 is 11.5 Å². The Morgan fingerprint density at radius 3 is 1.84 bits per heavy atom. The number of esters is 1. The van der Waals surface area contributed by atoms with Crippen LogP contribution in [0.1, 0.15) is 44.4 Å². The lowest BCUT2D eigenvalue weighted by Crippen LogP contribution is -2.36. The number of carbonyl (C=O) groups excluding carboxylic acids is 2. The zero-order valence-corrected chi connectivity index (χ0v) is 15.0. The third-order valence-electron chi connectivity index (χ3n) is 3.75. The molecule has 1 amide bonds. The van der Waals surface area contributed by atoms with E-state index in [2.05, 4.69) is 5.32 Å². The molecule has 0 spiro atoms. The van der Waals surface area contributed by atoms with Crippen molar-refractivity contribution in [1.29, 1.82) is 0 Å². The summed E-state index contributed by atoms with van der Waals surface area (Å²) in [7, 11) is 0. The maximum atomic E-state index is 12.3. The Morgan fingerprint density at radius 1 is 0.920 bits per heavy atom. The van der Waals surface area contributed by atoms with Crippen LogP contribution in [0.2, 0.25) is 0 Å². The van der Waals surface area contributed by atoms with Crippen LogP contribution in [0.3, 0.4) is 0 Å². The van der Waals surface area contributed by atoms with Gasteiger partial charge in [-0.05, 0) is 11.1 Å². The summed E-state index contributed by atoms with van der Waals surface area (Å²) in [6.07, 6.45) is -0.314. The number of amides is 1. The van der Waals surface area contributed by atoms with E-state index >= 15 is 0 Å². The molecule has 0 fully saturated rings. The number of hydrogen-bond acceptors (Lipinski definition) is 3. The summed E-state index contributed by atoms with van der Waals surface area (Å²) in [6, 6.07) is 19.3. The molecule has 0 unspecified atom stereocenters. The molecule has 0 heterocycles. The fraction of sp³-hybridized carbons (Fsp3) is 0.333. The fourth-order valence-electron chi connectivity index (χ4n) is 2.32. The maximum Gasteiger partial charge on any atom is 0.308 e. The summed E-state index contributed by atoms with van der Waals surface area (Å²) in [6.45, 7) is 5.77. The third-order valence-corrected chi connectivity index (χ3v) is 3.75. The minimum atomic E-state index is -0.472. The smallest absolute Gasteiger partial charge is 0.308 e. The number of rotatable bonds is 6. The molecule has 4 heteroatoms. The first kappa shape index (κ1) is 18.7. The summed E-state index contributed by atoms with van der Waals surface area (Å²) >= 11 is 0. The molecular weight excluding hydrogens is 314 g/mol. The second-order valence-corrected chi connectivity index (χ2v) is 6.95. The van der Waals surface area contributed by atoms with Gasteiger partial charge in [-0.2, -0.15) is 0 Å². The highest BCUT2D eigenvalue weighted by molar-refractivity contribution is 5.81. The fourth-order valence-corrected chi connectivity index (χ4v) is 2.32. The Balaban J connectivity index is 2.00. The largest absolute Gasteiger partial charge is 0.452 e. The molecule has 0 aliphatic heterocycles. The molecule has 132 valence electrons. The highest BCUT2D eigenvalue weighted by Crippen LogP contribution is 2.26. The van der Waals surface area contributed by atoms with Gasteiger partial charge in [-0.1, -0.05) is 81.4 Å². The summed E-state index contributed by atoms with van der Waals surface area (Å²) in [5.41, 5.74) is 1.36. The van der Waals surface area contributed by atoms with Crippen LogP contribution in [0.5, 0.6) is 0 Å². The Morgan fingerprint density at radius 2 is 1.40 bits per heavy atom. The van der Waals surface area contributed by atoms with Crippen LogP contribution in [-0.2, 0) is 14.3 Å². The molecule has 4 nitrogen and oxygen atoms in total. The van der Waals surface area contributed by atoms with E-state index in [1.54, 1.807) is 0 Å². The first-order valence-corrected chi connectivity index (χ1v) is 8.45. The van der Waals surface area contributed by atoms with Gasteiger partial charge in [-0.25, -0.2) is 0 Å². The Hall–Kier alpha value is -2.62. The van der Waals surface area contributed by atoms with Crippen molar-refractivity contribution in [3.8, 4) is 0 Å². The topological polar surface area (TPSA) is 55.4 Å². The monoisotopic (exact) mass is 339 g/mol. The molecule has 2 aromatic carbocycles. The molecule has 25 heavy (non-hydrogen) atoms. The van der Waals surface area contributed by atoms with Gasteiger partial charge >= 0.3 is 5.97 Å². The van der Waals surface area contributed by atoms with Gasteiger partial charge in [0.05, 0.1) is 6.42 Å². The standard InChI is InChI=1S/C21H25NO3/c1-21(2,3)20(24)22-15-14-18(23)25-19(16-10-6-4-7-11-16)17-12-8-5-9-13-17/h4-13,19H,14-15H2,1-3H3,(H,22,24). The van der Waals surface area contributed by atoms with E-state index in [0.29, 0.717) is 0 Å². The van der Waals surface area contributed by atoms with E-state index in [4.69, 9.17) is 4.74 Å². The van der Waals surface area contributed by atoms with E-state index in [-0.39, 0.29) is 24.8 Å². The van der Waals surface area contributed by atoms with Crippen LogP contribution < -0.4 is 5.32 Å². The van der Waals surface area contributed by atoms with E-state index in [9.17, 15) is 9.59 Å². The quantitative estimate of drug-likeness (QED) is 0.813. The molecule has 0 aliphatic carbocycles. The average Bonchev–Trinajstić information content (AvgIpc) is 2.60. The van der Waals surface area contributed by atoms with Crippen molar-refractivity contribution in [2.24, 2.45) is 5.41 Å². The van der Waals surface area contributed by atoms with Gasteiger partial charge in [0.25, 0.3) is 0 Å². The molecular formula is C21H25NO3. The Bertz CT molecular complexity index is 651. The number of ether oxygens (including phenoxy) is 1. The molecule has 2 rings (SSSR count). The minimum absolute atomic E-state index is 0.0806. The van der Waals surface area contributed by atoms with Gasteiger partial charge in [-0.3, -0.25) is 9.59 Å². The van der Waals surface area contributed by atoms with E-state index in [1.807, 2.05) is 81.4 Å². The zero-order chi connectivity index (χ0) is 18.3. The van der Waals surface area contributed by atoms with Crippen LogP contribution in [0.4, 0.5) is 0 Å². The van der Waals surface area contributed by atoms with Gasteiger partial charge in [0, 0.05) is 12.0 Å². The van der Waals surface area contributed by atoms with Crippen LogP contribution in [-0.4, -0.2) is 18.4 Å². The second kappa shape index (κ2) is 8.47. The van der Waals surface area contributed by atoms with Crippen LogP contribution in [0.25, 0.3) is 0 Å². The lowest BCUT2D eigenvalue weighted by molar-refractivity contribution is -0.147. The molecule has 0 saturated carbocycles. The first-order chi connectivity index (χ1) is 11.9. The normalized spacial score (nSPS) is 11.2. The van der Waals surface area contributed by atoms with Crippen molar-refractivity contribution in [3.05, 3.63) is 71.8 Å².